The molecule has 1 amide bonds. The number of rotatable bonds is 2. The van der Waals surface area contributed by atoms with E-state index in [1.165, 1.54) is 0 Å². The summed E-state index contributed by atoms with van der Waals surface area (Å²) in [4.78, 5) is 10.2. The van der Waals surface area contributed by atoms with Crippen molar-refractivity contribution in [3.63, 3.8) is 0 Å². The minimum atomic E-state index is -0.787. The maximum absolute atomic E-state index is 10.2. The summed E-state index contributed by atoms with van der Waals surface area (Å²) < 4.78 is 0. The summed E-state index contributed by atoms with van der Waals surface area (Å²) in [5.74, 6) is -1.20. The molecule has 7 N–H and O–H groups in total. The minimum Gasteiger partial charge on any atom is -0.404 e. The van der Waals surface area contributed by atoms with Crippen LogP contribution in [-0.4, -0.2) is 11.7 Å². The first-order valence-corrected chi connectivity index (χ1v) is 2.15. The third-order valence-electron chi connectivity index (χ3n) is 0.722. The van der Waals surface area contributed by atoms with E-state index < -0.39 is 11.7 Å². The summed E-state index contributed by atoms with van der Waals surface area (Å²) in [5.41, 5.74) is 14.4. The Morgan fingerprint density at radius 2 is 1.89 bits per heavy atom. The van der Waals surface area contributed by atoms with Gasteiger partial charge in [0.15, 0.2) is 0 Å². The molecular weight excluding hydrogens is 120 g/mol. The first-order chi connectivity index (χ1) is 4.09. The molecule has 9 heavy (non-hydrogen) atoms. The van der Waals surface area contributed by atoms with Crippen LogP contribution in [0.3, 0.4) is 0 Å². The Bertz CT molecular complexity index is 155. The average Bonchev–Trinajstić information content (AvgIpc) is 1.64. The van der Waals surface area contributed by atoms with Gasteiger partial charge in [0.05, 0.1) is 5.57 Å². The molecule has 0 saturated carbocycles. The highest BCUT2D eigenvalue weighted by Crippen LogP contribution is 1.85. The van der Waals surface area contributed by atoms with Crippen molar-refractivity contribution in [2.24, 2.45) is 17.2 Å². The molecule has 0 fully saturated rings. The van der Waals surface area contributed by atoms with Crippen molar-refractivity contribution in [2.75, 3.05) is 0 Å². The molecule has 0 spiro atoms. The second-order valence-corrected chi connectivity index (χ2v) is 1.36. The number of hydrogen-bond donors (Lipinski definition) is 4. The Kier molecular flexibility index (Phi) is 2.25. The molecular formula is C4H8N4O. The van der Waals surface area contributed by atoms with Crippen LogP contribution in [0.4, 0.5) is 0 Å². The highest BCUT2D eigenvalue weighted by Gasteiger charge is 2.05. The molecule has 0 aliphatic rings. The van der Waals surface area contributed by atoms with Crippen LogP contribution < -0.4 is 17.2 Å². The summed E-state index contributed by atoms with van der Waals surface area (Å²) in [6.45, 7) is 0. The van der Waals surface area contributed by atoms with Gasteiger partial charge >= 0.3 is 0 Å². The van der Waals surface area contributed by atoms with Gasteiger partial charge in [-0.1, -0.05) is 0 Å². The fraction of sp³-hybridized carbons (Fsp3) is 0. The molecule has 0 radical (unpaired) electrons. The zero-order valence-electron chi connectivity index (χ0n) is 4.72. The summed E-state index contributed by atoms with van der Waals surface area (Å²) >= 11 is 0. The van der Waals surface area contributed by atoms with E-state index in [1.807, 2.05) is 0 Å². The van der Waals surface area contributed by atoms with Crippen molar-refractivity contribution in [3.05, 3.63) is 11.8 Å². The number of nitrogens with one attached hydrogen (secondary N) is 1. The van der Waals surface area contributed by atoms with Gasteiger partial charge in [-0.05, 0) is 0 Å². The van der Waals surface area contributed by atoms with E-state index in [0.29, 0.717) is 0 Å². The van der Waals surface area contributed by atoms with Gasteiger partial charge in [0.1, 0.15) is 5.84 Å². The van der Waals surface area contributed by atoms with Crippen molar-refractivity contribution in [1.82, 2.24) is 0 Å². The van der Waals surface area contributed by atoms with Crippen LogP contribution in [0.2, 0.25) is 0 Å². The predicted molar refractivity (Wildman–Crippen MR) is 33.4 cm³/mol. The Labute approximate surface area is 52.0 Å². The monoisotopic (exact) mass is 128 g/mol. The summed E-state index contributed by atoms with van der Waals surface area (Å²) in [6, 6.07) is 0. The van der Waals surface area contributed by atoms with Gasteiger partial charge in [0, 0.05) is 6.20 Å². The van der Waals surface area contributed by atoms with E-state index in [4.69, 9.17) is 22.6 Å². The molecule has 5 nitrogen and oxygen atoms in total. The van der Waals surface area contributed by atoms with Gasteiger partial charge in [-0.2, -0.15) is 0 Å². The number of amides is 1. The van der Waals surface area contributed by atoms with Crippen molar-refractivity contribution < 1.29 is 4.79 Å². The minimum absolute atomic E-state index is 0.157. The van der Waals surface area contributed by atoms with E-state index in [1.54, 1.807) is 0 Å². The van der Waals surface area contributed by atoms with Crippen molar-refractivity contribution in [3.8, 4) is 0 Å². The van der Waals surface area contributed by atoms with E-state index in [2.05, 4.69) is 0 Å². The summed E-state index contributed by atoms with van der Waals surface area (Å²) in [5, 5.41) is 6.71. The lowest BCUT2D eigenvalue weighted by atomic mass is 10.2. The van der Waals surface area contributed by atoms with E-state index >= 15 is 0 Å². The fourth-order valence-electron chi connectivity index (χ4n) is 0.305. The second-order valence-electron chi connectivity index (χ2n) is 1.36. The Morgan fingerprint density at radius 3 is 1.89 bits per heavy atom. The van der Waals surface area contributed by atoms with Crippen molar-refractivity contribution in [1.29, 1.82) is 5.41 Å². The molecule has 5 heteroatoms. The highest BCUT2D eigenvalue weighted by molar-refractivity contribution is 6.18. The molecule has 50 valence electrons. The number of carbonyl (C=O) groups excluding carboxylic acids is 1. The lowest BCUT2D eigenvalue weighted by Crippen LogP contribution is -2.26. The average molecular weight is 128 g/mol. The quantitative estimate of drug-likeness (QED) is 0.200. The van der Waals surface area contributed by atoms with Crippen LogP contribution in [0.5, 0.6) is 0 Å². The predicted octanol–water partition coefficient (Wildman–Crippen LogP) is -1.75. The van der Waals surface area contributed by atoms with Crippen LogP contribution in [0.25, 0.3) is 0 Å². The summed E-state index contributed by atoms with van der Waals surface area (Å²) in [6.07, 6.45) is 0.907. The molecule has 0 aliphatic heterocycles. The molecule has 0 aromatic heterocycles. The van der Waals surface area contributed by atoms with Crippen molar-refractivity contribution >= 4 is 11.7 Å². The lowest BCUT2D eigenvalue weighted by molar-refractivity contribution is -0.114. The zero-order valence-corrected chi connectivity index (χ0v) is 4.72. The SMILES string of the molecule is N=C(N)/C(=C\N)C(N)=O. The third kappa shape index (κ3) is 1.81. The summed E-state index contributed by atoms with van der Waals surface area (Å²) in [7, 11) is 0. The first kappa shape index (κ1) is 7.48. The van der Waals surface area contributed by atoms with Crippen LogP contribution in [-0.2, 0) is 4.79 Å². The molecule has 0 aromatic carbocycles. The van der Waals surface area contributed by atoms with Crippen LogP contribution in [0.15, 0.2) is 11.8 Å². The van der Waals surface area contributed by atoms with Gasteiger partial charge in [-0.3, -0.25) is 10.2 Å². The molecule has 0 aromatic rings. The third-order valence-corrected chi connectivity index (χ3v) is 0.722. The van der Waals surface area contributed by atoms with Gasteiger partial charge in [-0.25, -0.2) is 0 Å². The normalized spacial score (nSPS) is 10.9. The van der Waals surface area contributed by atoms with Gasteiger partial charge in [-0.15, -0.1) is 0 Å². The maximum Gasteiger partial charge on any atom is 0.253 e. The molecule has 0 rings (SSSR count). The molecule has 0 atom stereocenters. The first-order valence-electron chi connectivity index (χ1n) is 2.15. The molecule has 0 unspecified atom stereocenters. The molecule has 0 heterocycles. The lowest BCUT2D eigenvalue weighted by Gasteiger charge is -1.95. The van der Waals surface area contributed by atoms with E-state index in [0.717, 1.165) is 6.20 Å². The van der Waals surface area contributed by atoms with E-state index in [9.17, 15) is 4.79 Å². The standard InChI is InChI=1S/C4H8N4O/c5-1-2(3(6)7)4(8)9/h1H,5H2,(H3,6,7)(H2,8,9)/b2-1+. The topological polar surface area (TPSA) is 119 Å². The number of primary amides is 1. The molecule has 0 saturated heterocycles. The van der Waals surface area contributed by atoms with Gasteiger partial charge in [0.2, 0.25) is 0 Å². The maximum atomic E-state index is 10.2. The number of nitrogens with two attached hydrogens (primary N) is 3. The highest BCUT2D eigenvalue weighted by atomic mass is 16.1. The Balaban J connectivity index is 4.38. The Morgan fingerprint density at radius 1 is 1.44 bits per heavy atom. The second kappa shape index (κ2) is 2.71. The van der Waals surface area contributed by atoms with Gasteiger partial charge in [0.25, 0.3) is 5.91 Å². The van der Waals surface area contributed by atoms with E-state index in [-0.39, 0.29) is 5.57 Å². The smallest absolute Gasteiger partial charge is 0.253 e. The fourth-order valence-corrected chi connectivity index (χ4v) is 0.305. The number of hydrogen-bond acceptors (Lipinski definition) is 3. The van der Waals surface area contributed by atoms with Crippen LogP contribution >= 0.6 is 0 Å². The van der Waals surface area contributed by atoms with Crippen LogP contribution in [0, 0.1) is 5.41 Å². The molecule has 0 aliphatic carbocycles. The van der Waals surface area contributed by atoms with Crippen LogP contribution in [0.1, 0.15) is 0 Å². The molecule has 0 bridgehead atoms. The number of amidine groups is 1. The van der Waals surface area contributed by atoms with Crippen molar-refractivity contribution in [2.45, 2.75) is 0 Å². The van der Waals surface area contributed by atoms with Gasteiger partial charge < -0.3 is 17.2 Å². The number of carbonyl (C=O) groups is 1. The Hall–Kier alpha value is -1.52. The zero-order chi connectivity index (χ0) is 7.44. The largest absolute Gasteiger partial charge is 0.404 e.